The van der Waals surface area contributed by atoms with Gasteiger partial charge in [0.15, 0.2) is 0 Å². The van der Waals surface area contributed by atoms with Gasteiger partial charge in [0.2, 0.25) is 0 Å². The summed E-state index contributed by atoms with van der Waals surface area (Å²) >= 11 is 0. The van der Waals surface area contributed by atoms with Gasteiger partial charge in [-0.25, -0.2) is 0 Å². The number of hydrogen-bond donors (Lipinski definition) is 0. The van der Waals surface area contributed by atoms with Gasteiger partial charge in [-0.2, -0.15) is 0 Å². The van der Waals surface area contributed by atoms with Crippen molar-refractivity contribution in [1.82, 2.24) is 0 Å². The van der Waals surface area contributed by atoms with Gasteiger partial charge in [-0.15, -0.1) is 6.58 Å². The summed E-state index contributed by atoms with van der Waals surface area (Å²) in [6.45, 7) is 12.4. The molecule has 0 bridgehead atoms. The van der Waals surface area contributed by atoms with Crippen molar-refractivity contribution in [3.8, 4) is 0 Å². The van der Waals surface area contributed by atoms with Crippen molar-refractivity contribution in [2.24, 2.45) is 5.41 Å². The van der Waals surface area contributed by atoms with Crippen LogP contribution in [0.4, 0.5) is 0 Å². The van der Waals surface area contributed by atoms with Crippen molar-refractivity contribution in [3.05, 3.63) is 31.7 Å². The summed E-state index contributed by atoms with van der Waals surface area (Å²) in [4.78, 5) is 0. The number of rotatable bonds is 3. The van der Waals surface area contributed by atoms with Crippen LogP contribution in [0.5, 0.6) is 0 Å². The molecule has 0 atom stereocenters. The van der Waals surface area contributed by atoms with Crippen LogP contribution in [0.25, 0.3) is 0 Å². The molecule has 0 heterocycles. The van der Waals surface area contributed by atoms with Crippen molar-refractivity contribution < 1.29 is 51.4 Å². The Bertz CT molecular complexity index is 143. The second-order valence-electron chi connectivity index (χ2n) is 3.50. The summed E-state index contributed by atoms with van der Waals surface area (Å²) in [5.74, 6) is 0. The quantitative estimate of drug-likeness (QED) is 0.356. The predicted octanol–water partition coefficient (Wildman–Crippen LogP) is 1.01. The summed E-state index contributed by atoms with van der Waals surface area (Å²) < 4.78 is 0. The van der Waals surface area contributed by atoms with Crippen LogP contribution in [0.1, 0.15) is 34.1 Å². The average molecular weight is 192 g/mol. The van der Waals surface area contributed by atoms with Crippen LogP contribution in [0.3, 0.4) is 0 Å². The second kappa shape index (κ2) is 8.70. The van der Waals surface area contributed by atoms with Crippen LogP contribution in [0.15, 0.2) is 24.3 Å². The minimum atomic E-state index is 0. The van der Waals surface area contributed by atoms with Crippen molar-refractivity contribution in [1.29, 1.82) is 0 Å². The molecular formula is C11H21K. The summed E-state index contributed by atoms with van der Waals surface area (Å²) in [6, 6.07) is 0. The van der Waals surface area contributed by atoms with E-state index < -0.39 is 0 Å². The summed E-state index contributed by atoms with van der Waals surface area (Å²) in [7, 11) is 0. The molecule has 0 rings (SSSR count). The maximum Gasteiger partial charge on any atom is 1.00 e. The predicted molar refractivity (Wildman–Crippen MR) is 54.4 cm³/mol. The molecule has 0 aromatic heterocycles. The fraction of sp³-hybridized carbons (Fsp3) is 0.545. The zero-order valence-electron chi connectivity index (χ0n) is 9.57. The van der Waals surface area contributed by atoms with Crippen LogP contribution in [0, 0.1) is 12.8 Å². The summed E-state index contributed by atoms with van der Waals surface area (Å²) in [5, 5.41) is 0. The molecule has 12 heavy (non-hydrogen) atoms. The number of allylic oxidation sites excluding steroid dienone is 3. The van der Waals surface area contributed by atoms with Gasteiger partial charge in [0.05, 0.1) is 0 Å². The van der Waals surface area contributed by atoms with Crippen molar-refractivity contribution in [2.45, 2.75) is 34.1 Å². The Labute approximate surface area is 121 Å². The summed E-state index contributed by atoms with van der Waals surface area (Å²) in [6.07, 6.45) is 5.29. The van der Waals surface area contributed by atoms with Crippen LogP contribution in [-0.2, 0) is 0 Å². The van der Waals surface area contributed by atoms with Gasteiger partial charge in [0.1, 0.15) is 0 Å². The van der Waals surface area contributed by atoms with Crippen LogP contribution in [0.2, 0.25) is 0 Å². The molecule has 0 radical (unpaired) electrons. The molecule has 0 N–H and O–H groups in total. The Morgan fingerprint density at radius 1 is 1.42 bits per heavy atom. The standard InChI is InChI=1S/C10H18.CH3.K/c1-6-9(3)8-10(4,5)7-2;;/h6-7H,2,8H2,1,3-5H3;1H3;/q;-1;+1/b9-6-;;. The van der Waals surface area contributed by atoms with Crippen molar-refractivity contribution in [2.75, 3.05) is 0 Å². The van der Waals surface area contributed by atoms with E-state index in [0.717, 1.165) is 6.42 Å². The first kappa shape index (κ1) is 18.8. The van der Waals surface area contributed by atoms with Gasteiger partial charge in [-0.3, -0.25) is 0 Å². The SMILES string of the molecule is C=CC(C)(C)C/C(C)=C\C.[CH3-].[K+]. The Morgan fingerprint density at radius 3 is 2.08 bits per heavy atom. The van der Waals surface area contributed by atoms with E-state index in [2.05, 4.69) is 40.3 Å². The molecule has 0 amide bonds. The monoisotopic (exact) mass is 192 g/mol. The molecule has 0 fully saturated rings. The zero-order valence-corrected chi connectivity index (χ0v) is 12.7. The first-order valence-electron chi connectivity index (χ1n) is 3.77. The van der Waals surface area contributed by atoms with E-state index in [1.807, 2.05) is 6.08 Å². The van der Waals surface area contributed by atoms with Gasteiger partial charge in [0, 0.05) is 0 Å². The minimum absolute atomic E-state index is 0. The molecule has 0 aliphatic heterocycles. The maximum absolute atomic E-state index is 3.79. The Hall–Kier alpha value is 1.12. The third-order valence-corrected chi connectivity index (χ3v) is 1.78. The maximum atomic E-state index is 3.79. The molecule has 66 valence electrons. The van der Waals surface area contributed by atoms with Gasteiger partial charge in [-0.05, 0) is 25.7 Å². The van der Waals surface area contributed by atoms with Crippen molar-refractivity contribution >= 4 is 0 Å². The second-order valence-corrected chi connectivity index (χ2v) is 3.50. The molecule has 0 spiro atoms. The first-order valence-corrected chi connectivity index (χ1v) is 3.77. The molecule has 0 saturated carbocycles. The largest absolute Gasteiger partial charge is 1.00 e. The molecule has 0 saturated heterocycles. The van der Waals surface area contributed by atoms with Crippen LogP contribution >= 0.6 is 0 Å². The van der Waals surface area contributed by atoms with E-state index in [1.54, 1.807) is 0 Å². The fourth-order valence-corrected chi connectivity index (χ4v) is 0.893. The van der Waals surface area contributed by atoms with Gasteiger partial charge in [-0.1, -0.05) is 31.6 Å². The van der Waals surface area contributed by atoms with Crippen LogP contribution in [-0.4, -0.2) is 0 Å². The number of hydrogen-bond acceptors (Lipinski definition) is 0. The van der Waals surface area contributed by atoms with E-state index in [9.17, 15) is 0 Å². The molecule has 0 unspecified atom stereocenters. The van der Waals surface area contributed by atoms with Gasteiger partial charge < -0.3 is 7.43 Å². The Morgan fingerprint density at radius 2 is 1.83 bits per heavy atom. The minimum Gasteiger partial charge on any atom is -0.358 e. The third kappa shape index (κ3) is 9.21. The van der Waals surface area contributed by atoms with E-state index >= 15 is 0 Å². The fourth-order valence-electron chi connectivity index (χ4n) is 0.893. The Balaban J connectivity index is -0.000000405. The molecule has 0 nitrogen and oxygen atoms in total. The molecule has 0 aliphatic carbocycles. The summed E-state index contributed by atoms with van der Waals surface area (Å²) in [5.41, 5.74) is 1.70. The Kier molecular flexibility index (Phi) is 13.6. The van der Waals surface area contributed by atoms with E-state index in [0.29, 0.717) is 0 Å². The van der Waals surface area contributed by atoms with E-state index in [1.165, 1.54) is 5.57 Å². The van der Waals surface area contributed by atoms with E-state index in [-0.39, 0.29) is 64.2 Å². The molecule has 0 aromatic carbocycles. The van der Waals surface area contributed by atoms with Gasteiger partial charge >= 0.3 is 51.4 Å². The third-order valence-electron chi connectivity index (χ3n) is 1.78. The normalized spacial score (nSPS) is 11.2. The molecule has 0 aliphatic rings. The average Bonchev–Trinajstić information content (AvgIpc) is 1.87. The van der Waals surface area contributed by atoms with Crippen LogP contribution < -0.4 is 51.4 Å². The van der Waals surface area contributed by atoms with Gasteiger partial charge in [0.25, 0.3) is 0 Å². The smallest absolute Gasteiger partial charge is 0.358 e. The zero-order chi connectivity index (χ0) is 8.20. The topological polar surface area (TPSA) is 0 Å². The molecular weight excluding hydrogens is 171 g/mol. The van der Waals surface area contributed by atoms with E-state index in [4.69, 9.17) is 0 Å². The molecule has 1 heteroatoms. The molecule has 0 aromatic rings. The van der Waals surface area contributed by atoms with Crippen molar-refractivity contribution in [3.63, 3.8) is 0 Å². The first-order chi connectivity index (χ1) is 4.52.